The Balaban J connectivity index is 0.000000225. The molecular weight excluding hydrogens is 284 g/mol. The molecule has 22 heavy (non-hydrogen) atoms. The summed E-state index contributed by atoms with van der Waals surface area (Å²) < 4.78 is 0. The number of aliphatic hydroxyl groups is 1. The fourth-order valence-electron chi connectivity index (χ4n) is 2.99. The molecule has 0 aromatic carbocycles. The van der Waals surface area contributed by atoms with Crippen LogP contribution in [0.4, 0.5) is 0 Å². The van der Waals surface area contributed by atoms with Gasteiger partial charge in [0.2, 0.25) is 13.2 Å². The third kappa shape index (κ3) is 5.93. The third-order valence-corrected chi connectivity index (χ3v) is 4.12. The van der Waals surface area contributed by atoms with Crippen molar-refractivity contribution in [2.45, 2.75) is 44.6 Å². The van der Waals surface area contributed by atoms with Gasteiger partial charge in [-0.1, -0.05) is 24.7 Å². The lowest BCUT2D eigenvalue weighted by atomic mass is 9.68. The molecule has 1 saturated carbocycles. The van der Waals surface area contributed by atoms with Crippen molar-refractivity contribution in [2.24, 2.45) is 5.41 Å². The quantitative estimate of drug-likeness (QED) is 0.603. The number of piperidine rings is 1. The Bertz CT molecular complexity index is 391. The molecule has 1 saturated heterocycles. The van der Waals surface area contributed by atoms with Crippen molar-refractivity contribution >= 4 is 0 Å². The molecule has 122 valence electrons. The van der Waals surface area contributed by atoms with Crippen molar-refractivity contribution < 1.29 is 19.9 Å². The summed E-state index contributed by atoms with van der Waals surface area (Å²) in [6.07, 6.45) is 16.8. The van der Waals surface area contributed by atoms with Crippen molar-refractivity contribution in [3.05, 3.63) is 4.91 Å². The molecule has 1 spiro atoms. The van der Waals surface area contributed by atoms with Crippen LogP contribution in [0.25, 0.3) is 0 Å². The second-order valence-corrected chi connectivity index (χ2v) is 5.58. The molecule has 0 aromatic rings. The first-order valence-electron chi connectivity index (χ1n) is 7.63. The Morgan fingerprint density at radius 3 is 2.32 bits per heavy atom. The van der Waals surface area contributed by atoms with Crippen molar-refractivity contribution in [1.29, 1.82) is 0 Å². The molecular formula is C16H25N2O4+. The molecule has 1 aliphatic carbocycles. The Labute approximate surface area is 132 Å². The van der Waals surface area contributed by atoms with Gasteiger partial charge in [-0.3, -0.25) is 0 Å². The zero-order chi connectivity index (χ0) is 16.3. The Morgan fingerprint density at radius 2 is 1.82 bits per heavy atom. The number of terminal acetylenes is 2. The molecule has 0 bridgehead atoms. The van der Waals surface area contributed by atoms with Crippen molar-refractivity contribution in [3.8, 4) is 24.7 Å². The minimum absolute atomic E-state index is 0.0287. The van der Waals surface area contributed by atoms with Crippen LogP contribution in [-0.2, 0) is 9.68 Å². The van der Waals surface area contributed by atoms with Crippen LogP contribution in [-0.4, -0.2) is 42.6 Å². The number of hydrogen-bond donors (Lipinski definition) is 2. The van der Waals surface area contributed by atoms with E-state index in [1.165, 1.54) is 32.1 Å². The minimum atomic E-state index is -0.131. The fourth-order valence-corrected chi connectivity index (χ4v) is 2.99. The van der Waals surface area contributed by atoms with Gasteiger partial charge in [-0.05, 0) is 32.2 Å². The highest BCUT2D eigenvalue weighted by atomic mass is 17.0. The second kappa shape index (κ2) is 10.0. The van der Waals surface area contributed by atoms with E-state index in [0.717, 1.165) is 19.5 Å². The first-order chi connectivity index (χ1) is 10.6. The van der Waals surface area contributed by atoms with Crippen LogP contribution >= 0.6 is 0 Å². The molecule has 0 radical (unpaired) electrons. The molecule has 6 heteroatoms. The summed E-state index contributed by atoms with van der Waals surface area (Å²) in [5.74, 6) is 4.16. The van der Waals surface area contributed by atoms with Crippen LogP contribution in [0.3, 0.4) is 0 Å². The van der Waals surface area contributed by atoms with Crippen molar-refractivity contribution in [1.82, 2.24) is 5.32 Å². The van der Waals surface area contributed by atoms with Crippen LogP contribution in [0.2, 0.25) is 0 Å². The molecule has 2 N–H and O–H groups in total. The zero-order valence-electron chi connectivity index (χ0n) is 12.9. The smallest absolute Gasteiger partial charge is 0.393 e. The van der Waals surface area contributed by atoms with Crippen LogP contribution in [0, 0.1) is 35.0 Å². The lowest BCUT2D eigenvalue weighted by Crippen LogP contribution is -2.49. The number of aliphatic hydroxyl groups excluding tert-OH is 1. The summed E-state index contributed by atoms with van der Waals surface area (Å²) in [5.41, 5.74) is 0.260. The molecule has 2 rings (SSSR count). The maximum absolute atomic E-state index is 10.2. The molecule has 2 fully saturated rings. The Morgan fingerprint density at radius 1 is 1.18 bits per heavy atom. The van der Waals surface area contributed by atoms with E-state index in [2.05, 4.69) is 26.8 Å². The van der Waals surface area contributed by atoms with E-state index in [-0.39, 0.29) is 29.8 Å². The van der Waals surface area contributed by atoms with E-state index in [1.807, 2.05) is 0 Å². The molecule has 1 aliphatic heterocycles. The summed E-state index contributed by atoms with van der Waals surface area (Å²) in [6, 6.07) is 0. The molecule has 0 unspecified atom stereocenters. The monoisotopic (exact) mass is 309 g/mol. The third-order valence-electron chi connectivity index (χ3n) is 4.12. The van der Waals surface area contributed by atoms with Gasteiger partial charge >= 0.3 is 5.09 Å². The predicted octanol–water partition coefficient (Wildman–Crippen LogP) is 1.19. The van der Waals surface area contributed by atoms with Crippen LogP contribution < -0.4 is 5.32 Å². The maximum atomic E-state index is 10.2. The van der Waals surface area contributed by atoms with Crippen molar-refractivity contribution in [3.63, 3.8) is 0 Å². The van der Waals surface area contributed by atoms with E-state index >= 15 is 0 Å². The molecule has 2 aliphatic rings. The van der Waals surface area contributed by atoms with Gasteiger partial charge in [0.1, 0.15) is 4.91 Å². The van der Waals surface area contributed by atoms with E-state index in [4.69, 9.17) is 12.8 Å². The number of hydrogen-bond acceptors (Lipinski definition) is 5. The molecule has 0 aromatic heterocycles. The summed E-state index contributed by atoms with van der Waals surface area (Å²) in [7, 11) is 0. The van der Waals surface area contributed by atoms with Crippen LogP contribution in [0.15, 0.2) is 0 Å². The maximum Gasteiger partial charge on any atom is 0.479 e. The van der Waals surface area contributed by atoms with Gasteiger partial charge in [-0.15, -0.1) is 12.8 Å². The summed E-state index contributed by atoms with van der Waals surface area (Å²) in [4.78, 5) is 18.7. The lowest BCUT2D eigenvalue weighted by Gasteiger charge is -2.44. The van der Waals surface area contributed by atoms with E-state index in [0.29, 0.717) is 0 Å². The van der Waals surface area contributed by atoms with Gasteiger partial charge in [-0.2, -0.15) is 9.68 Å². The highest BCUT2D eigenvalue weighted by molar-refractivity contribution is 4.93. The second-order valence-electron chi connectivity index (χ2n) is 5.58. The standard InChI is InChI=1S/C10H19NO.C6H6NO3/c12-9-4-1-2-5-10(9)6-3-7-11-8-10;1-3-5-9-7(8)10-6-4-2/h9,11-12H,1-8H2;1-2H,5-6H2/q;+1/t9-,10+;/m1./s1. The summed E-state index contributed by atoms with van der Waals surface area (Å²) in [6.45, 7) is 1.94. The Kier molecular flexibility index (Phi) is 8.35. The van der Waals surface area contributed by atoms with Crippen LogP contribution in [0.5, 0.6) is 0 Å². The first kappa shape index (κ1) is 18.3. The first-order valence-corrected chi connectivity index (χ1v) is 7.63. The fraction of sp³-hybridized carbons (Fsp3) is 0.750. The molecule has 1 heterocycles. The van der Waals surface area contributed by atoms with E-state index in [9.17, 15) is 10.0 Å². The van der Waals surface area contributed by atoms with Gasteiger partial charge in [-0.25, -0.2) is 0 Å². The molecule has 6 nitrogen and oxygen atoms in total. The average Bonchev–Trinajstić information content (AvgIpc) is 2.55. The van der Waals surface area contributed by atoms with Gasteiger partial charge in [0, 0.05) is 12.0 Å². The van der Waals surface area contributed by atoms with Gasteiger partial charge in [0.15, 0.2) is 0 Å². The van der Waals surface area contributed by atoms with Gasteiger partial charge in [0.05, 0.1) is 6.10 Å². The number of rotatable bonds is 4. The lowest BCUT2D eigenvalue weighted by molar-refractivity contribution is -0.978. The average molecular weight is 309 g/mol. The summed E-state index contributed by atoms with van der Waals surface area (Å²) >= 11 is 0. The van der Waals surface area contributed by atoms with E-state index < -0.39 is 0 Å². The number of nitrogens with one attached hydrogen (secondary N) is 1. The van der Waals surface area contributed by atoms with Crippen LogP contribution in [0.1, 0.15) is 38.5 Å². The van der Waals surface area contributed by atoms with Crippen molar-refractivity contribution in [2.75, 3.05) is 26.3 Å². The Hall–Kier alpha value is -1.76. The molecule has 0 amide bonds. The topological polar surface area (TPSA) is 70.8 Å². The number of nitrogens with zero attached hydrogens (tertiary/aromatic N) is 1. The normalized spacial score (nSPS) is 26.8. The largest absolute Gasteiger partial charge is 0.479 e. The SMILES string of the molecule is C#CCO[N+](=O)OCC#C.O[C@@H]1CCCC[C@@]12CCCNC2. The van der Waals surface area contributed by atoms with Gasteiger partial charge in [0.25, 0.3) is 0 Å². The minimum Gasteiger partial charge on any atom is -0.393 e. The highest BCUT2D eigenvalue weighted by Gasteiger charge is 2.40. The van der Waals surface area contributed by atoms with Gasteiger partial charge < -0.3 is 10.4 Å². The summed E-state index contributed by atoms with van der Waals surface area (Å²) in [5, 5.41) is 13.2. The predicted molar refractivity (Wildman–Crippen MR) is 82.2 cm³/mol. The van der Waals surface area contributed by atoms with E-state index in [1.54, 1.807) is 0 Å². The highest BCUT2D eigenvalue weighted by Crippen LogP contribution is 2.41. The zero-order valence-corrected chi connectivity index (χ0v) is 12.9. The molecule has 2 atom stereocenters.